The van der Waals surface area contributed by atoms with Crippen LogP contribution in [-0.2, 0) is 16.1 Å². The lowest BCUT2D eigenvalue weighted by atomic mass is 9.83. The number of hydrogen-bond donors (Lipinski definition) is 1. The van der Waals surface area contributed by atoms with Gasteiger partial charge in [-0.25, -0.2) is 0 Å². The van der Waals surface area contributed by atoms with Crippen LogP contribution in [0.4, 0.5) is 0 Å². The third-order valence-corrected chi connectivity index (χ3v) is 6.30. The van der Waals surface area contributed by atoms with Crippen molar-refractivity contribution in [2.45, 2.75) is 75.8 Å². The molecule has 1 heterocycles. The first kappa shape index (κ1) is 19.6. The van der Waals surface area contributed by atoms with Crippen LogP contribution in [-0.4, -0.2) is 30.9 Å². The molecule has 1 aliphatic carbocycles. The van der Waals surface area contributed by atoms with Gasteiger partial charge in [0.2, 0.25) is 0 Å². The predicted molar refractivity (Wildman–Crippen MR) is 113 cm³/mol. The van der Waals surface area contributed by atoms with E-state index in [0.717, 1.165) is 25.9 Å². The first-order valence-corrected chi connectivity index (χ1v) is 10.9. The Kier molecular flexibility index (Phi) is 6.79. The smallest absolute Gasteiger partial charge is 0.0769 e. The van der Waals surface area contributed by atoms with Crippen LogP contribution in [0.2, 0.25) is 0 Å². The molecule has 2 aromatic rings. The summed E-state index contributed by atoms with van der Waals surface area (Å²) in [6, 6.07) is 22.2. The monoisotopic (exact) mass is 379 g/mol. The normalized spacial score (nSPS) is 30.4. The summed E-state index contributed by atoms with van der Waals surface area (Å²) in [7, 11) is 0. The summed E-state index contributed by atoms with van der Waals surface area (Å²) >= 11 is 0. The van der Waals surface area contributed by atoms with Crippen LogP contribution < -0.4 is 5.32 Å². The number of ether oxygens (including phenoxy) is 2. The van der Waals surface area contributed by atoms with Gasteiger partial charge in [-0.3, -0.25) is 0 Å². The van der Waals surface area contributed by atoms with E-state index in [-0.39, 0.29) is 6.10 Å². The molecule has 1 N–H and O–H groups in total. The maximum absolute atomic E-state index is 6.34. The number of hydrogen-bond acceptors (Lipinski definition) is 3. The lowest BCUT2D eigenvalue weighted by Crippen LogP contribution is -2.39. The van der Waals surface area contributed by atoms with Gasteiger partial charge in [-0.15, -0.1) is 0 Å². The van der Waals surface area contributed by atoms with Gasteiger partial charge >= 0.3 is 0 Å². The molecule has 0 radical (unpaired) electrons. The molecule has 0 amide bonds. The molecule has 1 saturated carbocycles. The van der Waals surface area contributed by atoms with Crippen molar-refractivity contribution in [3.05, 3.63) is 71.8 Å². The average Bonchev–Trinajstić information content (AvgIpc) is 3.12. The molecule has 3 heteroatoms. The fourth-order valence-electron chi connectivity index (χ4n) is 4.70. The fraction of sp³-hybridized carbons (Fsp3) is 0.520. The van der Waals surface area contributed by atoms with Crippen molar-refractivity contribution in [3.8, 4) is 0 Å². The highest BCUT2D eigenvalue weighted by molar-refractivity contribution is 5.20. The topological polar surface area (TPSA) is 30.5 Å². The zero-order valence-corrected chi connectivity index (χ0v) is 16.9. The molecule has 2 fully saturated rings. The third kappa shape index (κ3) is 5.22. The van der Waals surface area contributed by atoms with Crippen LogP contribution in [0, 0.1) is 0 Å². The zero-order valence-electron chi connectivity index (χ0n) is 16.9. The second kappa shape index (κ2) is 9.69. The quantitative estimate of drug-likeness (QED) is 0.729. The highest BCUT2D eigenvalue weighted by atomic mass is 16.5. The SMILES string of the molecule is C[C@@H]1CC(OCc2ccccc2)[C@H](COC2CCC(c3ccccc3)CC2)N1. The maximum atomic E-state index is 6.34. The Bertz CT molecular complexity index is 697. The van der Waals surface area contributed by atoms with Crippen molar-refractivity contribution in [3.63, 3.8) is 0 Å². The van der Waals surface area contributed by atoms with E-state index in [0.29, 0.717) is 30.7 Å². The fourth-order valence-corrected chi connectivity index (χ4v) is 4.70. The molecule has 0 spiro atoms. The van der Waals surface area contributed by atoms with E-state index in [9.17, 15) is 0 Å². The third-order valence-electron chi connectivity index (χ3n) is 6.30. The van der Waals surface area contributed by atoms with Crippen LogP contribution in [0.3, 0.4) is 0 Å². The second-order valence-corrected chi connectivity index (χ2v) is 8.46. The molecule has 1 saturated heterocycles. The van der Waals surface area contributed by atoms with Gasteiger partial charge in [-0.1, -0.05) is 60.7 Å². The minimum Gasteiger partial charge on any atom is -0.376 e. The molecule has 3 atom stereocenters. The molecule has 3 nitrogen and oxygen atoms in total. The summed E-state index contributed by atoms with van der Waals surface area (Å²) in [6.45, 7) is 3.67. The second-order valence-electron chi connectivity index (χ2n) is 8.46. The van der Waals surface area contributed by atoms with Crippen molar-refractivity contribution >= 4 is 0 Å². The molecular formula is C25H33NO2. The van der Waals surface area contributed by atoms with Crippen LogP contribution in [0.15, 0.2) is 60.7 Å². The average molecular weight is 380 g/mol. The van der Waals surface area contributed by atoms with Crippen LogP contribution in [0.1, 0.15) is 56.1 Å². The summed E-state index contributed by atoms with van der Waals surface area (Å²) in [6.07, 6.45) is 6.48. The van der Waals surface area contributed by atoms with Crippen molar-refractivity contribution in [2.75, 3.05) is 6.61 Å². The molecular weight excluding hydrogens is 346 g/mol. The molecule has 2 aliphatic rings. The van der Waals surface area contributed by atoms with E-state index in [4.69, 9.17) is 9.47 Å². The van der Waals surface area contributed by atoms with Crippen molar-refractivity contribution in [2.24, 2.45) is 0 Å². The molecule has 28 heavy (non-hydrogen) atoms. The number of rotatable bonds is 7. The highest BCUT2D eigenvalue weighted by Crippen LogP contribution is 2.34. The summed E-state index contributed by atoms with van der Waals surface area (Å²) < 4.78 is 12.6. The molecule has 150 valence electrons. The zero-order chi connectivity index (χ0) is 19.2. The standard InChI is InChI=1S/C25H33NO2/c1-19-16-25(28-17-20-8-4-2-5-9-20)24(26-19)18-27-23-14-12-22(13-15-23)21-10-6-3-7-11-21/h2-11,19,22-26H,12-18H2,1H3/t19-,22?,23?,24+,25?/m1/s1. The molecule has 4 rings (SSSR count). The highest BCUT2D eigenvalue weighted by Gasteiger charge is 2.33. The van der Waals surface area contributed by atoms with E-state index in [1.54, 1.807) is 0 Å². The van der Waals surface area contributed by atoms with E-state index in [1.165, 1.54) is 24.0 Å². The summed E-state index contributed by atoms with van der Waals surface area (Å²) in [4.78, 5) is 0. The van der Waals surface area contributed by atoms with Gasteiger partial charge in [0.05, 0.1) is 31.5 Å². The Hall–Kier alpha value is -1.68. The lowest BCUT2D eigenvalue weighted by Gasteiger charge is -2.30. The molecule has 1 aliphatic heterocycles. The first-order chi connectivity index (χ1) is 13.8. The van der Waals surface area contributed by atoms with E-state index in [2.05, 4.69) is 66.8 Å². The summed E-state index contributed by atoms with van der Waals surface area (Å²) in [5, 5.41) is 3.66. The van der Waals surface area contributed by atoms with Gasteiger partial charge in [0, 0.05) is 6.04 Å². The largest absolute Gasteiger partial charge is 0.376 e. The van der Waals surface area contributed by atoms with Crippen LogP contribution in [0.5, 0.6) is 0 Å². The van der Waals surface area contributed by atoms with Crippen molar-refractivity contribution in [1.29, 1.82) is 0 Å². The van der Waals surface area contributed by atoms with Crippen molar-refractivity contribution in [1.82, 2.24) is 5.32 Å². The number of nitrogens with one attached hydrogen (secondary N) is 1. The van der Waals surface area contributed by atoms with Gasteiger partial charge in [-0.2, -0.15) is 0 Å². The predicted octanol–water partition coefficient (Wildman–Crippen LogP) is 5.07. The Morgan fingerprint density at radius 1 is 0.857 bits per heavy atom. The van der Waals surface area contributed by atoms with Gasteiger partial charge in [0.15, 0.2) is 0 Å². The van der Waals surface area contributed by atoms with Gasteiger partial charge < -0.3 is 14.8 Å². The van der Waals surface area contributed by atoms with E-state index >= 15 is 0 Å². The number of benzene rings is 2. The van der Waals surface area contributed by atoms with Gasteiger partial charge in [0.25, 0.3) is 0 Å². The van der Waals surface area contributed by atoms with E-state index < -0.39 is 0 Å². The first-order valence-electron chi connectivity index (χ1n) is 10.9. The van der Waals surface area contributed by atoms with Crippen LogP contribution in [0.25, 0.3) is 0 Å². The Morgan fingerprint density at radius 3 is 2.25 bits per heavy atom. The minimum absolute atomic E-state index is 0.232. The summed E-state index contributed by atoms with van der Waals surface area (Å²) in [5.41, 5.74) is 2.72. The lowest BCUT2D eigenvalue weighted by molar-refractivity contribution is -0.0264. The summed E-state index contributed by atoms with van der Waals surface area (Å²) in [5.74, 6) is 0.702. The molecule has 0 bridgehead atoms. The van der Waals surface area contributed by atoms with Crippen LogP contribution >= 0.6 is 0 Å². The van der Waals surface area contributed by atoms with Crippen molar-refractivity contribution < 1.29 is 9.47 Å². The Morgan fingerprint density at radius 2 is 1.54 bits per heavy atom. The Labute approximate surface area is 169 Å². The maximum Gasteiger partial charge on any atom is 0.0769 e. The van der Waals surface area contributed by atoms with E-state index in [1.807, 2.05) is 6.07 Å². The molecule has 1 unspecified atom stereocenters. The minimum atomic E-state index is 0.232. The van der Waals surface area contributed by atoms with Gasteiger partial charge in [0.1, 0.15) is 0 Å². The molecule has 2 aromatic carbocycles. The van der Waals surface area contributed by atoms with Gasteiger partial charge in [-0.05, 0) is 56.1 Å². The molecule has 0 aromatic heterocycles. The Balaban J connectivity index is 1.22.